The van der Waals surface area contributed by atoms with Crippen LogP contribution in [0, 0.1) is 17.8 Å². The van der Waals surface area contributed by atoms with Gasteiger partial charge in [0.2, 0.25) is 70.9 Å². The highest BCUT2D eigenvalue weighted by Gasteiger charge is 2.51. The van der Waals surface area contributed by atoms with E-state index in [4.69, 9.17) is 16.3 Å². The third-order valence-corrected chi connectivity index (χ3v) is 22.3. The van der Waals surface area contributed by atoms with E-state index in [-0.39, 0.29) is 82.9 Å². The molecule has 100 heavy (non-hydrogen) atoms. The Bertz CT molecular complexity index is 3140. The lowest BCUT2D eigenvalue weighted by atomic mass is 9.84. The average molecular weight is 1430 g/mol. The monoisotopic (exact) mass is 1430 g/mol. The molecule has 0 unspecified atom stereocenters. The van der Waals surface area contributed by atoms with Crippen molar-refractivity contribution in [2.75, 3.05) is 88.7 Å². The standard InChI is InChI=1S/C71H108ClF3N12O13/c1-13-44(4)59-68(98)80(7)45(5)62(92)87-36-30-52(87)65(95)82(9)54(39-46-23-16-14-17-24-46)64(94)79(6)41-57(88)76-50(29-27-47-26-28-48(49(72)38-47)71(73,74)75)63(93)86-35-22-25-51(86)61(91)78-70(31-18-19-32-70)69(99)84(11)56(42-100-12)66(96)83(10)55(67(97)85-33-20-15-21-34-85)40-58(89)81(8)53(37-43(2)3)60(90)77-59/h26,28,38,43-46,50-56,59H,13-25,27,29-37,39-42H2,1-12H3,(H,76,88)(H,77,90)(H,78,91)/t44-,45-,50-,51-,52-,53-,54-,55-,56-,59-/m0/s1. The van der Waals surface area contributed by atoms with Gasteiger partial charge in [0.25, 0.3) is 0 Å². The summed E-state index contributed by atoms with van der Waals surface area (Å²) in [4.78, 5) is 191. The van der Waals surface area contributed by atoms with Crippen LogP contribution in [0.3, 0.4) is 0 Å². The molecule has 29 heteroatoms. The molecule has 25 nitrogen and oxygen atoms in total. The number of carbonyl (C=O) groups is 12. The van der Waals surface area contributed by atoms with E-state index < -0.39 is 166 Å². The number of methoxy groups -OCH3 is 1. The number of halogens is 4. The molecule has 7 rings (SSSR count). The Labute approximate surface area is 591 Å². The molecular formula is C71H108ClF3N12O13. The lowest BCUT2D eigenvalue weighted by Crippen LogP contribution is -2.65. The highest BCUT2D eigenvalue weighted by Crippen LogP contribution is 2.37. The Morgan fingerprint density at radius 2 is 1.30 bits per heavy atom. The van der Waals surface area contributed by atoms with E-state index >= 15 is 19.2 Å². The Morgan fingerprint density at radius 1 is 0.660 bits per heavy atom. The van der Waals surface area contributed by atoms with Crippen LogP contribution in [0.15, 0.2) is 18.2 Å². The number of nitrogens with one attached hydrogen (secondary N) is 3. The van der Waals surface area contributed by atoms with Crippen LogP contribution in [0.2, 0.25) is 5.02 Å². The lowest BCUT2D eigenvalue weighted by molar-refractivity contribution is -0.160. The van der Waals surface area contributed by atoms with Gasteiger partial charge in [0.1, 0.15) is 59.9 Å². The molecule has 10 atom stereocenters. The van der Waals surface area contributed by atoms with Gasteiger partial charge in [-0.2, -0.15) is 13.2 Å². The van der Waals surface area contributed by atoms with E-state index in [1.54, 1.807) is 11.8 Å². The predicted molar refractivity (Wildman–Crippen MR) is 366 cm³/mol. The highest BCUT2D eigenvalue weighted by molar-refractivity contribution is 6.31. The lowest BCUT2D eigenvalue weighted by Gasteiger charge is -2.45. The number of alkyl halides is 3. The van der Waals surface area contributed by atoms with Crippen LogP contribution < -0.4 is 16.0 Å². The minimum absolute atomic E-state index is 0.0188. The largest absolute Gasteiger partial charge is 0.417 e. The molecule has 4 heterocycles. The molecule has 6 fully saturated rings. The quantitative estimate of drug-likeness (QED) is 0.248. The second-order valence-corrected chi connectivity index (χ2v) is 29.7. The van der Waals surface area contributed by atoms with Crippen molar-refractivity contribution in [3.63, 3.8) is 0 Å². The van der Waals surface area contributed by atoms with E-state index in [0.717, 1.165) is 65.4 Å². The number of carbonyl (C=O) groups excluding carboxylic acids is 12. The fraction of sp³-hybridized carbons (Fsp3) is 0.746. The first-order chi connectivity index (χ1) is 47.2. The number of fused-ring (bicyclic) bond motifs is 2. The predicted octanol–water partition coefficient (Wildman–Crippen LogP) is 5.02. The maximum Gasteiger partial charge on any atom is 0.417 e. The van der Waals surface area contributed by atoms with Crippen LogP contribution in [-0.2, 0) is 74.9 Å². The molecule has 0 radical (unpaired) electrons. The molecule has 12 amide bonds. The Hall–Kier alpha value is -7.10. The first-order valence-electron chi connectivity index (χ1n) is 35.9. The van der Waals surface area contributed by atoms with Gasteiger partial charge >= 0.3 is 6.18 Å². The minimum Gasteiger partial charge on any atom is -0.382 e. The maximum absolute atomic E-state index is 15.4. The van der Waals surface area contributed by atoms with E-state index in [0.29, 0.717) is 57.2 Å². The number of piperidine rings is 1. The summed E-state index contributed by atoms with van der Waals surface area (Å²) in [5.74, 6) is -8.62. The van der Waals surface area contributed by atoms with E-state index in [9.17, 15) is 51.5 Å². The van der Waals surface area contributed by atoms with Crippen LogP contribution in [-0.4, -0.2) is 264 Å². The molecule has 558 valence electrons. The SMILES string of the molecule is CC[C@H](C)[C@@H]1NC(=O)[C@H](CC(C)C)N(C)C(=O)C[C@@H](C(=O)N2CCCCC2)N(C)C(=O)[C@H](COC)N(C)C(=O)C2(CCCC2)NC(=O)[C@@H]2CCCN2C(=O)[C@H](CCc2ccc(C(F)(F)F)c(Cl)c2)NC(=O)CN(C)C(=O)[C@H](CC2CCCCC2)N(C)C(=O)[C@@H]2CCN2C(=O)[C@H](C)N(C)C1=O. The van der Waals surface area contributed by atoms with Crippen LogP contribution in [0.4, 0.5) is 13.2 Å². The number of amides is 12. The molecule has 1 spiro atoms. The van der Waals surface area contributed by atoms with Gasteiger partial charge in [0.15, 0.2) is 0 Å². The second-order valence-electron chi connectivity index (χ2n) is 29.3. The van der Waals surface area contributed by atoms with E-state index in [1.165, 1.54) is 86.9 Å². The number of rotatable bonds is 12. The number of hydrogen-bond donors (Lipinski definition) is 3. The molecule has 1 aromatic rings. The summed E-state index contributed by atoms with van der Waals surface area (Å²) in [5.41, 5.74) is -2.41. The second kappa shape index (κ2) is 35.2. The van der Waals surface area contributed by atoms with Gasteiger partial charge in [-0.25, -0.2) is 0 Å². The molecule has 1 aromatic carbocycles. The van der Waals surface area contributed by atoms with Crippen molar-refractivity contribution < 1.29 is 75.4 Å². The summed E-state index contributed by atoms with van der Waals surface area (Å²) in [5, 5.41) is 8.09. The molecule has 2 aliphatic carbocycles. The van der Waals surface area contributed by atoms with Crippen molar-refractivity contribution in [1.29, 1.82) is 0 Å². The van der Waals surface area contributed by atoms with Gasteiger partial charge in [-0.05, 0) is 119 Å². The summed E-state index contributed by atoms with van der Waals surface area (Å²) < 4.78 is 47.2. The number of benzene rings is 1. The maximum atomic E-state index is 15.4. The van der Waals surface area contributed by atoms with Gasteiger partial charge in [0, 0.05) is 75.6 Å². The zero-order valence-electron chi connectivity index (χ0n) is 60.6. The summed E-state index contributed by atoms with van der Waals surface area (Å²) in [6, 6.07) is -8.15. The van der Waals surface area contributed by atoms with E-state index in [2.05, 4.69) is 16.0 Å². The van der Waals surface area contributed by atoms with Crippen LogP contribution in [0.1, 0.15) is 174 Å². The number of nitrogens with zero attached hydrogens (tertiary/aromatic N) is 9. The van der Waals surface area contributed by atoms with Crippen LogP contribution >= 0.6 is 11.6 Å². The van der Waals surface area contributed by atoms with Crippen molar-refractivity contribution in [2.45, 2.75) is 236 Å². The zero-order valence-corrected chi connectivity index (χ0v) is 61.4. The first kappa shape index (κ1) is 80.2. The average Bonchev–Trinajstić information content (AvgIpc) is 1.38. The fourth-order valence-electron chi connectivity index (χ4n) is 15.2. The van der Waals surface area contributed by atoms with Gasteiger partial charge in [0.05, 0.1) is 30.2 Å². The Balaban J connectivity index is 1.28. The van der Waals surface area contributed by atoms with Gasteiger partial charge in [-0.3, -0.25) is 57.5 Å². The summed E-state index contributed by atoms with van der Waals surface area (Å²) in [6.07, 6.45) is 3.47. The van der Waals surface area contributed by atoms with Crippen molar-refractivity contribution >= 4 is 82.5 Å². The zero-order chi connectivity index (χ0) is 73.8. The molecule has 6 aliphatic rings. The third-order valence-electron chi connectivity index (χ3n) is 21.9. The number of likely N-dealkylation sites (N-methyl/N-ethyl adjacent to an activating group) is 6. The minimum atomic E-state index is -4.76. The smallest absolute Gasteiger partial charge is 0.382 e. The fourth-order valence-corrected chi connectivity index (χ4v) is 15.5. The molecule has 0 bridgehead atoms. The summed E-state index contributed by atoms with van der Waals surface area (Å²) >= 11 is 6.15. The number of likely N-dealkylation sites (tertiary alicyclic amines) is 1. The van der Waals surface area contributed by atoms with Gasteiger partial charge < -0.3 is 64.8 Å². The normalized spacial score (nSPS) is 27.8. The van der Waals surface area contributed by atoms with Crippen molar-refractivity contribution in [2.24, 2.45) is 17.8 Å². The molecule has 3 N–H and O–H groups in total. The summed E-state index contributed by atoms with van der Waals surface area (Å²) in [6.45, 7) is 8.67. The number of hydrogen-bond acceptors (Lipinski definition) is 13. The molecule has 4 saturated heterocycles. The highest BCUT2D eigenvalue weighted by atomic mass is 35.5. The van der Waals surface area contributed by atoms with Gasteiger partial charge in [-0.1, -0.05) is 96.7 Å². The Morgan fingerprint density at radius 3 is 1.89 bits per heavy atom. The van der Waals surface area contributed by atoms with Crippen LogP contribution in [0.5, 0.6) is 0 Å². The van der Waals surface area contributed by atoms with Crippen molar-refractivity contribution in [1.82, 2.24) is 60.0 Å². The number of aryl methyl sites for hydroxylation is 1. The van der Waals surface area contributed by atoms with Crippen molar-refractivity contribution in [3.8, 4) is 0 Å². The number of ether oxygens (including phenoxy) is 1. The van der Waals surface area contributed by atoms with Gasteiger partial charge in [-0.15, -0.1) is 0 Å². The van der Waals surface area contributed by atoms with Crippen molar-refractivity contribution in [3.05, 3.63) is 34.3 Å². The summed E-state index contributed by atoms with van der Waals surface area (Å²) in [7, 11) is 9.78. The molecule has 2 saturated carbocycles. The third kappa shape index (κ3) is 18.9. The van der Waals surface area contributed by atoms with E-state index in [1.807, 2.05) is 20.8 Å². The molecule has 4 aliphatic heterocycles. The molecular weight excluding hydrogens is 1320 g/mol. The van der Waals surface area contributed by atoms with Crippen LogP contribution in [0.25, 0.3) is 0 Å². The topological polar surface area (TPSA) is 279 Å². The first-order valence-corrected chi connectivity index (χ1v) is 36.3. The molecule has 0 aromatic heterocycles. The Kier molecular flexibility index (Phi) is 28.2.